The Morgan fingerprint density at radius 3 is 2.92 bits per heavy atom. The normalized spacial score (nSPS) is 13.6. The first-order chi connectivity index (χ1) is 12.5. The number of carbonyl (C=O) groups excluding carboxylic acids is 1. The molecule has 0 unspecified atom stereocenters. The third-order valence-corrected chi connectivity index (χ3v) is 4.67. The van der Waals surface area contributed by atoms with Gasteiger partial charge in [0.2, 0.25) is 5.91 Å². The van der Waals surface area contributed by atoms with Gasteiger partial charge in [-0.25, -0.2) is 13.6 Å². The number of hydrogen-bond acceptors (Lipinski definition) is 4. The second kappa shape index (κ2) is 6.36. The van der Waals surface area contributed by atoms with Crippen LogP contribution in [0.2, 0.25) is 0 Å². The van der Waals surface area contributed by atoms with Gasteiger partial charge in [-0.3, -0.25) is 9.59 Å². The Morgan fingerprint density at radius 2 is 2.12 bits per heavy atom. The molecule has 0 saturated heterocycles. The van der Waals surface area contributed by atoms with Gasteiger partial charge in [-0.2, -0.15) is 10.2 Å². The predicted octanol–water partition coefficient (Wildman–Crippen LogP) is 1.86. The summed E-state index contributed by atoms with van der Waals surface area (Å²) in [4.78, 5) is 25.0. The summed E-state index contributed by atoms with van der Waals surface area (Å²) in [6.45, 7) is 1.40. The van der Waals surface area contributed by atoms with E-state index in [2.05, 4.69) is 15.5 Å². The number of amides is 1. The molecule has 0 fully saturated rings. The molecule has 1 aromatic carbocycles. The van der Waals surface area contributed by atoms with Crippen LogP contribution >= 0.6 is 0 Å². The number of carbonyl (C=O) groups is 1. The van der Waals surface area contributed by atoms with Crippen molar-refractivity contribution in [2.45, 2.75) is 39.2 Å². The molecule has 0 bridgehead atoms. The minimum atomic E-state index is -0.444. The molecule has 4 rings (SSSR count). The Labute approximate surface area is 148 Å². The maximum atomic E-state index is 13.6. The van der Waals surface area contributed by atoms with E-state index in [1.165, 1.54) is 16.9 Å². The van der Waals surface area contributed by atoms with E-state index in [-0.39, 0.29) is 12.1 Å². The zero-order valence-electron chi connectivity index (χ0n) is 14.3. The lowest BCUT2D eigenvalue weighted by Crippen LogP contribution is -2.31. The monoisotopic (exact) mass is 355 g/mol. The fourth-order valence-corrected chi connectivity index (χ4v) is 3.29. The van der Waals surface area contributed by atoms with Crippen LogP contribution in [-0.2, 0) is 24.2 Å². The molecule has 1 aliphatic rings. The highest BCUT2D eigenvalue weighted by Gasteiger charge is 2.20. The van der Waals surface area contributed by atoms with Crippen molar-refractivity contribution in [3.05, 3.63) is 57.5 Å². The van der Waals surface area contributed by atoms with Crippen LogP contribution in [0.1, 0.15) is 29.7 Å². The summed E-state index contributed by atoms with van der Waals surface area (Å²) in [7, 11) is 0. The van der Waals surface area contributed by atoms with Crippen molar-refractivity contribution in [3.8, 4) is 0 Å². The molecule has 0 spiro atoms. The lowest BCUT2D eigenvalue weighted by molar-refractivity contribution is -0.117. The highest BCUT2D eigenvalue weighted by molar-refractivity contribution is 5.90. The van der Waals surface area contributed by atoms with Gasteiger partial charge in [-0.1, -0.05) is 6.07 Å². The number of fused-ring (bicyclic) bond motifs is 3. The minimum Gasteiger partial charge on any atom is -0.324 e. The highest BCUT2D eigenvalue weighted by atomic mass is 19.1. The Balaban J connectivity index is 1.60. The first kappa shape index (κ1) is 16.4. The summed E-state index contributed by atoms with van der Waals surface area (Å²) < 4.78 is 16.2. The number of halogens is 1. The molecule has 0 aliphatic heterocycles. The SMILES string of the molecule is Cc1ccc(NC(=O)Cn2ncn3nc4c(c3c2=O)CCCC4)cc1F. The van der Waals surface area contributed by atoms with Crippen LogP contribution in [0, 0.1) is 12.7 Å². The van der Waals surface area contributed by atoms with Gasteiger partial charge in [0.1, 0.15) is 24.2 Å². The summed E-state index contributed by atoms with van der Waals surface area (Å²) in [5.74, 6) is -0.842. The third-order valence-electron chi connectivity index (χ3n) is 4.67. The maximum absolute atomic E-state index is 13.6. The number of nitrogens with one attached hydrogen (secondary N) is 1. The van der Waals surface area contributed by atoms with E-state index in [0.717, 1.165) is 41.6 Å². The van der Waals surface area contributed by atoms with Crippen LogP contribution in [0.25, 0.3) is 5.52 Å². The molecule has 134 valence electrons. The average Bonchev–Trinajstić information content (AvgIpc) is 3.00. The van der Waals surface area contributed by atoms with E-state index < -0.39 is 11.7 Å². The van der Waals surface area contributed by atoms with Crippen LogP contribution in [0.15, 0.2) is 29.3 Å². The second-order valence-electron chi connectivity index (χ2n) is 6.53. The molecule has 0 radical (unpaired) electrons. The summed E-state index contributed by atoms with van der Waals surface area (Å²) >= 11 is 0. The van der Waals surface area contributed by atoms with E-state index in [4.69, 9.17) is 0 Å². The van der Waals surface area contributed by atoms with Gasteiger partial charge in [-0.15, -0.1) is 0 Å². The van der Waals surface area contributed by atoms with E-state index in [1.54, 1.807) is 19.1 Å². The lowest BCUT2D eigenvalue weighted by atomic mass is 9.97. The third kappa shape index (κ3) is 2.87. The van der Waals surface area contributed by atoms with E-state index >= 15 is 0 Å². The van der Waals surface area contributed by atoms with Crippen molar-refractivity contribution < 1.29 is 9.18 Å². The van der Waals surface area contributed by atoms with E-state index in [1.807, 2.05) is 0 Å². The zero-order valence-corrected chi connectivity index (χ0v) is 14.3. The van der Waals surface area contributed by atoms with E-state index in [0.29, 0.717) is 16.8 Å². The number of rotatable bonds is 3. The molecule has 0 atom stereocenters. The van der Waals surface area contributed by atoms with Crippen LogP contribution in [0.3, 0.4) is 0 Å². The summed E-state index contributed by atoms with van der Waals surface area (Å²) in [6.07, 6.45) is 5.21. The summed E-state index contributed by atoms with van der Waals surface area (Å²) in [6, 6.07) is 4.45. The first-order valence-electron chi connectivity index (χ1n) is 8.55. The molecule has 2 aromatic heterocycles. The van der Waals surface area contributed by atoms with Crippen LogP contribution in [0.4, 0.5) is 10.1 Å². The Morgan fingerprint density at radius 1 is 1.31 bits per heavy atom. The molecule has 1 aliphatic carbocycles. The molecular formula is C18H18FN5O2. The predicted molar refractivity (Wildman–Crippen MR) is 93.7 cm³/mol. The van der Waals surface area contributed by atoms with Crippen LogP contribution in [-0.4, -0.2) is 25.3 Å². The molecule has 1 amide bonds. The molecule has 3 aromatic rings. The Kier molecular flexibility index (Phi) is 4.02. The molecule has 2 heterocycles. The van der Waals surface area contributed by atoms with Crippen molar-refractivity contribution in [3.63, 3.8) is 0 Å². The van der Waals surface area contributed by atoms with Crippen LogP contribution in [0.5, 0.6) is 0 Å². The average molecular weight is 355 g/mol. The first-order valence-corrected chi connectivity index (χ1v) is 8.55. The zero-order chi connectivity index (χ0) is 18.3. The Bertz CT molecular complexity index is 1070. The number of aryl methyl sites for hydroxylation is 3. The van der Waals surface area contributed by atoms with Gasteiger partial charge in [0.15, 0.2) is 0 Å². The second-order valence-corrected chi connectivity index (χ2v) is 6.53. The van der Waals surface area contributed by atoms with Gasteiger partial charge in [0, 0.05) is 11.3 Å². The fourth-order valence-electron chi connectivity index (χ4n) is 3.29. The van der Waals surface area contributed by atoms with Crippen molar-refractivity contribution in [1.29, 1.82) is 0 Å². The van der Waals surface area contributed by atoms with E-state index in [9.17, 15) is 14.0 Å². The largest absolute Gasteiger partial charge is 0.324 e. The smallest absolute Gasteiger partial charge is 0.293 e. The number of aromatic nitrogens is 4. The Hall–Kier alpha value is -3.03. The molecule has 26 heavy (non-hydrogen) atoms. The van der Waals surface area contributed by atoms with Crippen molar-refractivity contribution in [1.82, 2.24) is 19.4 Å². The molecular weight excluding hydrogens is 337 g/mol. The van der Waals surface area contributed by atoms with Crippen molar-refractivity contribution >= 4 is 17.1 Å². The number of benzene rings is 1. The number of hydrogen-bond donors (Lipinski definition) is 1. The number of anilines is 1. The lowest BCUT2D eigenvalue weighted by Gasteiger charge is -2.09. The van der Waals surface area contributed by atoms with Gasteiger partial charge in [-0.05, 0) is 50.3 Å². The molecule has 8 heteroatoms. The summed E-state index contributed by atoms with van der Waals surface area (Å²) in [5.41, 5.74) is 2.88. The number of nitrogens with zero attached hydrogens (tertiary/aromatic N) is 4. The molecule has 0 saturated carbocycles. The van der Waals surface area contributed by atoms with Gasteiger partial charge >= 0.3 is 0 Å². The van der Waals surface area contributed by atoms with Gasteiger partial charge in [0.05, 0.1) is 5.69 Å². The molecule has 7 nitrogen and oxygen atoms in total. The minimum absolute atomic E-state index is 0.245. The van der Waals surface area contributed by atoms with Crippen molar-refractivity contribution in [2.24, 2.45) is 0 Å². The topological polar surface area (TPSA) is 81.3 Å². The summed E-state index contributed by atoms with van der Waals surface area (Å²) in [5, 5.41) is 11.0. The maximum Gasteiger partial charge on any atom is 0.293 e. The fraction of sp³-hybridized carbons (Fsp3) is 0.333. The van der Waals surface area contributed by atoms with Gasteiger partial charge < -0.3 is 5.32 Å². The quantitative estimate of drug-likeness (QED) is 0.777. The van der Waals surface area contributed by atoms with Gasteiger partial charge in [0.25, 0.3) is 5.56 Å². The van der Waals surface area contributed by atoms with Crippen LogP contribution < -0.4 is 10.9 Å². The van der Waals surface area contributed by atoms with Crippen molar-refractivity contribution in [2.75, 3.05) is 5.32 Å². The highest BCUT2D eigenvalue weighted by Crippen LogP contribution is 2.22. The molecule has 1 N–H and O–H groups in total. The standard InChI is InChI=1S/C18H18FN5O2/c1-11-6-7-12(8-14(11)19)21-16(25)9-23-18(26)17-13-4-2-3-5-15(13)22-24(17)10-20-23/h6-8,10H,2-5,9H2,1H3,(H,21,25).